The number of aliphatic hydroxyl groups excluding tert-OH is 1. The van der Waals surface area contributed by atoms with Crippen LogP contribution in [0.2, 0.25) is 5.82 Å². The Morgan fingerprint density at radius 2 is 2.14 bits per heavy atom. The molecule has 1 rings (SSSR count). The first-order chi connectivity index (χ1) is 6.56. The maximum absolute atomic E-state index is 9.85. The molecule has 0 aromatic carbocycles. The molecule has 0 aromatic rings. The fourth-order valence-electron chi connectivity index (χ4n) is 1.94. The van der Waals surface area contributed by atoms with Crippen molar-refractivity contribution < 1.29 is 14.6 Å². The molecule has 1 N–H and O–H groups in total. The van der Waals surface area contributed by atoms with E-state index in [1.54, 1.807) is 7.11 Å². The van der Waals surface area contributed by atoms with Crippen molar-refractivity contribution in [1.82, 2.24) is 0 Å². The summed E-state index contributed by atoms with van der Waals surface area (Å²) in [5.41, 5.74) is 0. The fourth-order valence-corrected chi connectivity index (χ4v) is 1.94. The topological polar surface area (TPSA) is 38.7 Å². The van der Waals surface area contributed by atoms with Crippen LogP contribution in [0.25, 0.3) is 0 Å². The monoisotopic (exact) mass is 198 g/mol. The maximum atomic E-state index is 9.85. The molecule has 2 radical (unpaired) electrons. The summed E-state index contributed by atoms with van der Waals surface area (Å²) in [6.07, 6.45) is 0.233. The highest BCUT2D eigenvalue weighted by Gasteiger charge is 2.39. The van der Waals surface area contributed by atoms with E-state index in [9.17, 15) is 5.11 Å². The zero-order valence-corrected chi connectivity index (χ0v) is 9.14. The van der Waals surface area contributed by atoms with Crippen LogP contribution in [0.15, 0.2) is 0 Å². The van der Waals surface area contributed by atoms with Crippen molar-refractivity contribution in [2.75, 3.05) is 13.7 Å². The third-order valence-electron chi connectivity index (χ3n) is 2.73. The van der Waals surface area contributed by atoms with E-state index >= 15 is 0 Å². The van der Waals surface area contributed by atoms with E-state index in [1.807, 2.05) is 13.8 Å². The molecule has 0 saturated heterocycles. The standard InChI is InChI=1S/C10H19BO3/c1-6(2)14-5-7-4-8(11)10(13-3)9(7)12/h6-10,12H,4-5H2,1-3H3. The van der Waals surface area contributed by atoms with Crippen LogP contribution >= 0.6 is 0 Å². The molecule has 4 unspecified atom stereocenters. The smallest absolute Gasteiger partial charge is 0.0846 e. The Balaban J connectivity index is 2.41. The molecule has 4 heteroatoms. The van der Waals surface area contributed by atoms with Gasteiger partial charge in [-0.1, -0.05) is 0 Å². The van der Waals surface area contributed by atoms with Gasteiger partial charge in [0, 0.05) is 13.0 Å². The van der Waals surface area contributed by atoms with Crippen molar-refractivity contribution in [3.8, 4) is 0 Å². The van der Waals surface area contributed by atoms with Gasteiger partial charge in [0.05, 0.1) is 32.8 Å². The number of hydrogen-bond acceptors (Lipinski definition) is 3. The molecule has 0 spiro atoms. The first-order valence-corrected chi connectivity index (χ1v) is 5.14. The summed E-state index contributed by atoms with van der Waals surface area (Å²) >= 11 is 0. The fraction of sp³-hybridized carbons (Fsp3) is 1.00. The lowest BCUT2D eigenvalue weighted by molar-refractivity contribution is -0.0355. The average molecular weight is 198 g/mol. The van der Waals surface area contributed by atoms with E-state index in [-0.39, 0.29) is 23.9 Å². The van der Waals surface area contributed by atoms with Crippen molar-refractivity contribution in [3.05, 3.63) is 0 Å². The van der Waals surface area contributed by atoms with Crippen LogP contribution in [0.4, 0.5) is 0 Å². The Bertz CT molecular complexity index is 175. The largest absolute Gasteiger partial charge is 0.390 e. The summed E-state index contributed by atoms with van der Waals surface area (Å²) in [5.74, 6) is 0.0353. The molecule has 3 nitrogen and oxygen atoms in total. The number of hydrogen-bond donors (Lipinski definition) is 1. The van der Waals surface area contributed by atoms with Gasteiger partial charge in [-0.15, -0.1) is 0 Å². The van der Waals surface area contributed by atoms with E-state index < -0.39 is 6.10 Å². The van der Waals surface area contributed by atoms with Gasteiger partial charge in [0.2, 0.25) is 0 Å². The SMILES string of the molecule is [B]C1CC(COC(C)C)C(O)C1OC. The van der Waals surface area contributed by atoms with E-state index in [0.717, 1.165) is 6.42 Å². The summed E-state index contributed by atoms with van der Waals surface area (Å²) in [6, 6.07) is 0. The summed E-state index contributed by atoms with van der Waals surface area (Å²) < 4.78 is 10.6. The van der Waals surface area contributed by atoms with Crippen LogP contribution < -0.4 is 0 Å². The number of aliphatic hydroxyl groups is 1. The van der Waals surface area contributed by atoms with Crippen LogP contribution in [0.5, 0.6) is 0 Å². The third kappa shape index (κ3) is 2.72. The van der Waals surface area contributed by atoms with E-state index in [1.165, 1.54) is 0 Å². The van der Waals surface area contributed by atoms with Gasteiger partial charge < -0.3 is 14.6 Å². The van der Waals surface area contributed by atoms with Crippen molar-refractivity contribution in [1.29, 1.82) is 0 Å². The summed E-state index contributed by atoms with van der Waals surface area (Å²) in [6.45, 7) is 4.52. The third-order valence-corrected chi connectivity index (χ3v) is 2.73. The van der Waals surface area contributed by atoms with Crippen LogP contribution in [0.3, 0.4) is 0 Å². The molecule has 4 atom stereocenters. The zero-order valence-electron chi connectivity index (χ0n) is 9.14. The highest BCUT2D eigenvalue weighted by atomic mass is 16.5. The molecule has 0 heterocycles. The number of rotatable bonds is 4. The maximum Gasteiger partial charge on any atom is 0.0846 e. The van der Waals surface area contributed by atoms with Gasteiger partial charge in [-0.3, -0.25) is 0 Å². The predicted molar refractivity (Wildman–Crippen MR) is 55.5 cm³/mol. The number of methoxy groups -OCH3 is 1. The molecule has 0 aliphatic heterocycles. The van der Waals surface area contributed by atoms with Crippen LogP contribution in [0, 0.1) is 5.92 Å². The van der Waals surface area contributed by atoms with Crippen molar-refractivity contribution in [3.63, 3.8) is 0 Å². The highest BCUT2D eigenvalue weighted by molar-refractivity contribution is 6.12. The molecule has 80 valence electrons. The molecule has 0 amide bonds. The van der Waals surface area contributed by atoms with E-state index in [4.69, 9.17) is 17.3 Å². The molecular weight excluding hydrogens is 179 g/mol. The van der Waals surface area contributed by atoms with Crippen molar-refractivity contribution in [2.45, 2.75) is 44.4 Å². The molecule has 1 aliphatic carbocycles. The number of ether oxygens (including phenoxy) is 2. The Morgan fingerprint density at radius 3 is 2.57 bits per heavy atom. The van der Waals surface area contributed by atoms with Gasteiger partial charge in [-0.25, -0.2) is 0 Å². The Morgan fingerprint density at radius 1 is 1.50 bits per heavy atom. The van der Waals surface area contributed by atoms with Gasteiger partial charge in [0.1, 0.15) is 0 Å². The van der Waals surface area contributed by atoms with Crippen LogP contribution in [-0.2, 0) is 9.47 Å². The summed E-state index contributed by atoms with van der Waals surface area (Å²) in [7, 11) is 7.42. The molecule has 0 aromatic heterocycles. The summed E-state index contributed by atoms with van der Waals surface area (Å²) in [5, 5.41) is 9.85. The van der Waals surface area contributed by atoms with Gasteiger partial charge >= 0.3 is 0 Å². The molecule has 14 heavy (non-hydrogen) atoms. The van der Waals surface area contributed by atoms with E-state index in [0.29, 0.717) is 6.61 Å². The van der Waals surface area contributed by atoms with Gasteiger partial charge in [0.15, 0.2) is 0 Å². The first kappa shape index (κ1) is 12.0. The molecule has 0 bridgehead atoms. The Kier molecular flexibility index (Phi) is 4.42. The van der Waals surface area contributed by atoms with Crippen molar-refractivity contribution in [2.24, 2.45) is 5.92 Å². The minimum atomic E-state index is -0.492. The predicted octanol–water partition coefficient (Wildman–Crippen LogP) is 0.764. The minimum Gasteiger partial charge on any atom is -0.390 e. The van der Waals surface area contributed by atoms with Gasteiger partial charge in [-0.2, -0.15) is 0 Å². The lowest BCUT2D eigenvalue weighted by Crippen LogP contribution is -2.31. The lowest BCUT2D eigenvalue weighted by atomic mass is 9.84. The molecule has 1 saturated carbocycles. The first-order valence-electron chi connectivity index (χ1n) is 5.14. The molecular formula is C10H19BO3. The molecule has 1 fully saturated rings. The second-order valence-electron chi connectivity index (χ2n) is 4.23. The Labute approximate surface area is 87.2 Å². The minimum absolute atomic E-state index is 0.0734. The van der Waals surface area contributed by atoms with E-state index in [2.05, 4.69) is 0 Å². The summed E-state index contributed by atoms with van der Waals surface area (Å²) in [4.78, 5) is 0. The highest BCUT2D eigenvalue weighted by Crippen LogP contribution is 2.35. The zero-order chi connectivity index (χ0) is 10.7. The van der Waals surface area contributed by atoms with Gasteiger partial charge in [0.25, 0.3) is 0 Å². The van der Waals surface area contributed by atoms with Gasteiger partial charge in [-0.05, 0) is 26.1 Å². The van der Waals surface area contributed by atoms with Crippen LogP contribution in [0.1, 0.15) is 20.3 Å². The van der Waals surface area contributed by atoms with Crippen LogP contribution in [-0.4, -0.2) is 45.0 Å². The second-order valence-corrected chi connectivity index (χ2v) is 4.23. The Hall–Kier alpha value is -0.0551. The molecule has 1 aliphatic rings. The lowest BCUT2D eigenvalue weighted by Gasteiger charge is -2.20. The average Bonchev–Trinajstić information content (AvgIpc) is 2.38. The normalized spacial score (nSPS) is 38.1. The quantitative estimate of drug-likeness (QED) is 0.678. The second kappa shape index (κ2) is 5.15. The van der Waals surface area contributed by atoms with Crippen molar-refractivity contribution >= 4 is 7.85 Å².